The van der Waals surface area contributed by atoms with Gasteiger partial charge in [0.05, 0.1) is 15.9 Å². The molecule has 8 nitrogen and oxygen atoms in total. The third-order valence-corrected chi connectivity index (χ3v) is 7.87. The fourth-order valence-corrected chi connectivity index (χ4v) is 5.64. The third kappa shape index (κ3) is 4.60. The van der Waals surface area contributed by atoms with E-state index in [0.717, 1.165) is 20.8 Å². The maximum absolute atomic E-state index is 13.4. The molecule has 4 rings (SSSR count). The molecule has 1 aromatic carbocycles. The summed E-state index contributed by atoms with van der Waals surface area (Å²) in [5, 5.41) is 3.00. The van der Waals surface area contributed by atoms with Gasteiger partial charge in [0.2, 0.25) is 5.91 Å². The quantitative estimate of drug-likeness (QED) is 0.595. The largest absolute Gasteiger partial charge is 0.325 e. The molecule has 2 unspecified atom stereocenters. The first-order valence-electron chi connectivity index (χ1n) is 9.12. The molecule has 2 aromatic heterocycles. The Labute approximate surface area is 187 Å². The highest BCUT2D eigenvalue weighted by molar-refractivity contribution is 7.87. The van der Waals surface area contributed by atoms with Crippen LogP contribution < -0.4 is 10.0 Å². The highest BCUT2D eigenvalue weighted by atomic mass is 35.5. The summed E-state index contributed by atoms with van der Waals surface area (Å²) in [6.07, 6.45) is 5.17. The molecule has 12 heteroatoms. The highest BCUT2D eigenvalue weighted by Crippen LogP contribution is 2.34. The monoisotopic (exact) mass is 481 g/mol. The number of aromatic nitrogens is 2. The number of rotatable bonds is 4. The molecule has 0 aliphatic carbocycles. The molecular formula is C19H17ClFN5O3S2. The molecule has 3 heterocycles. The summed E-state index contributed by atoms with van der Waals surface area (Å²) in [7, 11) is -2.60. The van der Waals surface area contributed by atoms with E-state index in [1.165, 1.54) is 30.5 Å². The Morgan fingerprint density at radius 2 is 2.16 bits per heavy atom. The SMILES string of the molecule is CN1C(C(=O)Nc2ccc(F)c(Cl)c2)CC(c2ncc(-c3cccnc3)s2)NS1(=O)=O. The molecule has 0 bridgehead atoms. The molecule has 2 atom stereocenters. The van der Waals surface area contributed by atoms with Crippen LogP contribution in [-0.4, -0.2) is 41.7 Å². The van der Waals surface area contributed by atoms with E-state index in [4.69, 9.17) is 11.6 Å². The summed E-state index contributed by atoms with van der Waals surface area (Å²) in [5.74, 6) is -1.17. The van der Waals surface area contributed by atoms with Gasteiger partial charge in [0.25, 0.3) is 10.2 Å². The topological polar surface area (TPSA) is 104 Å². The predicted octanol–water partition coefficient (Wildman–Crippen LogP) is 3.22. The standard InChI is InChI=1S/C19H17ClFN5O3S2/c1-26-16(18(27)24-12-4-5-14(21)13(20)7-12)8-15(25-31(26,28)29)19-23-10-17(30-19)11-3-2-6-22-9-11/h2-7,9-10,15-16,25H,8H2,1H3,(H,24,27). The summed E-state index contributed by atoms with van der Waals surface area (Å²) in [6.45, 7) is 0. The van der Waals surface area contributed by atoms with Crippen LogP contribution in [0.1, 0.15) is 17.5 Å². The number of amides is 1. The van der Waals surface area contributed by atoms with Crippen molar-refractivity contribution in [1.29, 1.82) is 0 Å². The van der Waals surface area contributed by atoms with Gasteiger partial charge in [0, 0.05) is 36.9 Å². The van der Waals surface area contributed by atoms with Crippen LogP contribution >= 0.6 is 22.9 Å². The third-order valence-electron chi connectivity index (χ3n) is 4.83. The summed E-state index contributed by atoms with van der Waals surface area (Å²) >= 11 is 7.09. The second kappa shape index (κ2) is 8.60. The molecule has 1 aliphatic heterocycles. The van der Waals surface area contributed by atoms with E-state index in [0.29, 0.717) is 5.01 Å². The molecule has 0 radical (unpaired) electrons. The van der Waals surface area contributed by atoms with Crippen molar-refractivity contribution in [1.82, 2.24) is 19.0 Å². The number of carbonyl (C=O) groups is 1. The van der Waals surface area contributed by atoms with Crippen LogP contribution in [-0.2, 0) is 15.0 Å². The summed E-state index contributed by atoms with van der Waals surface area (Å²) in [4.78, 5) is 22.1. The Balaban J connectivity index is 1.57. The number of hydrogen-bond acceptors (Lipinski definition) is 6. The normalized spacial score (nSPS) is 21.0. The lowest BCUT2D eigenvalue weighted by molar-refractivity contribution is -0.120. The van der Waals surface area contributed by atoms with Crippen molar-refractivity contribution in [2.24, 2.45) is 0 Å². The van der Waals surface area contributed by atoms with Crippen LogP contribution in [0.2, 0.25) is 5.02 Å². The zero-order chi connectivity index (χ0) is 22.2. The highest BCUT2D eigenvalue weighted by Gasteiger charge is 2.41. The van der Waals surface area contributed by atoms with Crippen molar-refractivity contribution in [3.63, 3.8) is 0 Å². The van der Waals surface area contributed by atoms with Gasteiger partial charge in [-0.3, -0.25) is 9.78 Å². The zero-order valence-electron chi connectivity index (χ0n) is 16.1. The molecule has 1 amide bonds. The predicted molar refractivity (Wildman–Crippen MR) is 116 cm³/mol. The molecule has 2 N–H and O–H groups in total. The molecule has 3 aromatic rings. The molecule has 0 saturated carbocycles. The van der Waals surface area contributed by atoms with Gasteiger partial charge in [0.1, 0.15) is 16.9 Å². The number of benzene rings is 1. The molecule has 0 spiro atoms. The second-order valence-electron chi connectivity index (χ2n) is 6.87. The van der Waals surface area contributed by atoms with Crippen LogP contribution in [0.25, 0.3) is 10.4 Å². The Morgan fingerprint density at radius 3 is 2.87 bits per heavy atom. The maximum atomic E-state index is 13.4. The first-order chi connectivity index (χ1) is 14.7. The van der Waals surface area contributed by atoms with E-state index in [-0.39, 0.29) is 17.1 Å². The Morgan fingerprint density at radius 1 is 1.35 bits per heavy atom. The van der Waals surface area contributed by atoms with Crippen molar-refractivity contribution in [2.45, 2.75) is 18.5 Å². The van der Waals surface area contributed by atoms with E-state index in [1.807, 2.05) is 6.07 Å². The zero-order valence-corrected chi connectivity index (χ0v) is 18.5. The maximum Gasteiger partial charge on any atom is 0.280 e. The fourth-order valence-electron chi connectivity index (χ4n) is 3.16. The van der Waals surface area contributed by atoms with E-state index in [1.54, 1.807) is 24.7 Å². The first-order valence-corrected chi connectivity index (χ1v) is 11.8. The minimum Gasteiger partial charge on any atom is -0.325 e. The van der Waals surface area contributed by atoms with Crippen molar-refractivity contribution < 1.29 is 17.6 Å². The number of nitrogens with zero attached hydrogens (tertiary/aromatic N) is 3. The number of carbonyl (C=O) groups excluding carboxylic acids is 1. The fraction of sp³-hybridized carbons (Fsp3) is 0.211. The van der Waals surface area contributed by atoms with Gasteiger partial charge in [-0.2, -0.15) is 17.4 Å². The van der Waals surface area contributed by atoms with Crippen molar-refractivity contribution in [3.8, 4) is 10.4 Å². The van der Waals surface area contributed by atoms with Crippen molar-refractivity contribution in [2.75, 3.05) is 12.4 Å². The van der Waals surface area contributed by atoms with Gasteiger partial charge in [0.15, 0.2) is 0 Å². The summed E-state index contributed by atoms with van der Waals surface area (Å²) < 4.78 is 42.2. The van der Waals surface area contributed by atoms with Crippen LogP contribution in [0, 0.1) is 5.82 Å². The molecule has 1 fully saturated rings. The van der Waals surface area contributed by atoms with Gasteiger partial charge in [-0.1, -0.05) is 17.7 Å². The molecule has 1 aliphatic rings. The lowest BCUT2D eigenvalue weighted by atomic mass is 10.1. The number of nitrogens with one attached hydrogen (secondary N) is 2. The minimum absolute atomic E-state index is 0.146. The smallest absolute Gasteiger partial charge is 0.280 e. The lowest BCUT2D eigenvalue weighted by Gasteiger charge is -2.35. The summed E-state index contributed by atoms with van der Waals surface area (Å²) in [5.41, 5.74) is 1.13. The molecular weight excluding hydrogens is 465 g/mol. The Bertz CT molecular complexity index is 1220. The van der Waals surface area contributed by atoms with Gasteiger partial charge < -0.3 is 5.32 Å². The van der Waals surface area contributed by atoms with E-state index in [2.05, 4.69) is 20.0 Å². The lowest BCUT2D eigenvalue weighted by Crippen LogP contribution is -2.55. The van der Waals surface area contributed by atoms with Crippen molar-refractivity contribution in [3.05, 3.63) is 64.8 Å². The number of anilines is 1. The number of hydrogen-bond donors (Lipinski definition) is 2. The Kier molecular flexibility index (Phi) is 6.04. The van der Waals surface area contributed by atoms with Crippen LogP contribution in [0.4, 0.5) is 10.1 Å². The average Bonchev–Trinajstić information content (AvgIpc) is 3.23. The van der Waals surface area contributed by atoms with Crippen LogP contribution in [0.3, 0.4) is 0 Å². The van der Waals surface area contributed by atoms with E-state index < -0.39 is 34.0 Å². The van der Waals surface area contributed by atoms with E-state index in [9.17, 15) is 17.6 Å². The molecule has 31 heavy (non-hydrogen) atoms. The van der Waals surface area contributed by atoms with Gasteiger partial charge in [-0.05, 0) is 30.7 Å². The molecule has 1 saturated heterocycles. The number of halogens is 2. The van der Waals surface area contributed by atoms with Crippen LogP contribution in [0.5, 0.6) is 0 Å². The van der Waals surface area contributed by atoms with Crippen molar-refractivity contribution >= 4 is 44.7 Å². The summed E-state index contributed by atoms with van der Waals surface area (Å²) in [6, 6.07) is 5.76. The minimum atomic E-state index is -3.92. The van der Waals surface area contributed by atoms with E-state index >= 15 is 0 Å². The Hall–Kier alpha value is -2.44. The van der Waals surface area contributed by atoms with Gasteiger partial charge in [-0.15, -0.1) is 11.3 Å². The number of pyridine rings is 1. The molecule has 162 valence electrons. The number of thiazole rings is 1. The van der Waals surface area contributed by atoms with Gasteiger partial charge in [-0.25, -0.2) is 9.37 Å². The van der Waals surface area contributed by atoms with Gasteiger partial charge >= 0.3 is 0 Å². The van der Waals surface area contributed by atoms with Crippen LogP contribution in [0.15, 0.2) is 48.9 Å². The average molecular weight is 482 g/mol. The second-order valence-corrected chi connectivity index (χ2v) is 10.1. The first kappa shape index (κ1) is 21.8. The number of likely N-dealkylation sites (N-methyl/N-ethyl adjacent to an activating group) is 1.